The number of benzene rings is 1. The van der Waals surface area contributed by atoms with Crippen molar-refractivity contribution in [3.8, 4) is 5.75 Å². The van der Waals surface area contributed by atoms with E-state index in [1.807, 2.05) is 12.1 Å². The number of thioether (sulfide) groups is 1. The summed E-state index contributed by atoms with van der Waals surface area (Å²) in [7, 11) is 0. The number of carbonyl (C=O) groups is 1. The zero-order chi connectivity index (χ0) is 13.7. The number of ether oxygens (including phenoxy) is 1. The lowest BCUT2D eigenvalue weighted by atomic mass is 10.2. The summed E-state index contributed by atoms with van der Waals surface area (Å²) < 4.78 is 5.58. The summed E-state index contributed by atoms with van der Waals surface area (Å²) >= 11 is 1.57. The van der Waals surface area contributed by atoms with Crippen LogP contribution in [-0.2, 0) is 0 Å². The minimum absolute atomic E-state index is 0.122. The normalized spacial score (nSPS) is 14.4. The summed E-state index contributed by atoms with van der Waals surface area (Å²) in [5.41, 5.74) is 0.618. The molecule has 4 nitrogen and oxygen atoms in total. The van der Waals surface area contributed by atoms with E-state index < -0.39 is 0 Å². The third-order valence-electron chi connectivity index (χ3n) is 2.51. The van der Waals surface area contributed by atoms with Crippen LogP contribution in [-0.4, -0.2) is 30.0 Å². The van der Waals surface area contributed by atoms with E-state index >= 15 is 0 Å². The van der Waals surface area contributed by atoms with Gasteiger partial charge in [-0.05, 0) is 30.2 Å². The molecule has 0 spiro atoms. The van der Waals surface area contributed by atoms with Crippen molar-refractivity contribution in [2.45, 2.75) is 13.8 Å². The molecule has 1 amide bonds. The van der Waals surface area contributed by atoms with E-state index in [4.69, 9.17) is 4.74 Å². The van der Waals surface area contributed by atoms with Crippen molar-refractivity contribution in [3.05, 3.63) is 29.8 Å². The largest absolute Gasteiger partial charge is 0.493 e. The van der Waals surface area contributed by atoms with Gasteiger partial charge in [0.25, 0.3) is 5.91 Å². The summed E-state index contributed by atoms with van der Waals surface area (Å²) in [4.78, 5) is 16.1. The van der Waals surface area contributed by atoms with Crippen molar-refractivity contribution < 1.29 is 9.53 Å². The summed E-state index contributed by atoms with van der Waals surface area (Å²) in [6.07, 6.45) is 0. The highest BCUT2D eigenvalue weighted by atomic mass is 32.2. The first-order chi connectivity index (χ1) is 9.15. The maximum Gasteiger partial charge on any atom is 0.257 e. The van der Waals surface area contributed by atoms with Gasteiger partial charge in [0.05, 0.1) is 13.2 Å². The smallest absolute Gasteiger partial charge is 0.257 e. The van der Waals surface area contributed by atoms with Gasteiger partial charge in [-0.1, -0.05) is 25.6 Å². The zero-order valence-electron chi connectivity index (χ0n) is 11.2. The van der Waals surface area contributed by atoms with E-state index in [0.717, 1.165) is 18.0 Å². The van der Waals surface area contributed by atoms with Crippen LogP contribution in [0.4, 0.5) is 0 Å². The predicted molar refractivity (Wildman–Crippen MR) is 79.0 cm³/mol. The molecule has 0 saturated heterocycles. The van der Waals surface area contributed by atoms with Crippen LogP contribution in [0.5, 0.6) is 5.75 Å². The minimum atomic E-state index is -0.122. The molecule has 1 aromatic carbocycles. The van der Waals surface area contributed by atoms with E-state index in [1.165, 1.54) is 0 Å². The van der Waals surface area contributed by atoms with Crippen LogP contribution in [0.2, 0.25) is 0 Å². The van der Waals surface area contributed by atoms with Gasteiger partial charge < -0.3 is 10.1 Å². The Morgan fingerprint density at radius 1 is 1.42 bits per heavy atom. The molecule has 0 radical (unpaired) electrons. The fourth-order valence-electron chi connectivity index (χ4n) is 1.55. The highest BCUT2D eigenvalue weighted by Gasteiger charge is 2.12. The van der Waals surface area contributed by atoms with Gasteiger partial charge in [-0.2, -0.15) is 0 Å². The second-order valence-corrected chi connectivity index (χ2v) is 5.80. The van der Waals surface area contributed by atoms with Crippen molar-refractivity contribution >= 4 is 22.8 Å². The Bertz CT molecular complexity index is 469. The number of nitrogens with one attached hydrogen (secondary N) is 1. The summed E-state index contributed by atoms with van der Waals surface area (Å²) in [5, 5.41) is 3.51. The van der Waals surface area contributed by atoms with Crippen LogP contribution in [0.25, 0.3) is 0 Å². The first-order valence-electron chi connectivity index (χ1n) is 6.36. The molecular formula is C14H18N2O2S. The first-order valence-corrected chi connectivity index (χ1v) is 7.35. The maximum absolute atomic E-state index is 11.9. The van der Waals surface area contributed by atoms with Crippen LogP contribution in [0.1, 0.15) is 24.2 Å². The van der Waals surface area contributed by atoms with Crippen LogP contribution in [0, 0.1) is 5.92 Å². The van der Waals surface area contributed by atoms with Crippen LogP contribution < -0.4 is 10.1 Å². The summed E-state index contributed by atoms with van der Waals surface area (Å²) in [5.74, 6) is 2.10. The SMILES string of the molecule is CC(C)COc1ccc(C(=O)NC2=NCCS2)cc1. The highest BCUT2D eigenvalue weighted by Crippen LogP contribution is 2.14. The molecule has 0 aromatic heterocycles. The van der Waals surface area contributed by atoms with Crippen LogP contribution in [0.3, 0.4) is 0 Å². The molecule has 1 N–H and O–H groups in total. The summed E-state index contributed by atoms with van der Waals surface area (Å²) in [6.45, 7) is 5.66. The number of amides is 1. The first kappa shape index (κ1) is 13.9. The molecule has 19 heavy (non-hydrogen) atoms. The standard InChI is InChI=1S/C14H18N2O2S/c1-10(2)9-18-12-5-3-11(4-6-12)13(17)16-14-15-7-8-19-14/h3-6,10H,7-9H2,1-2H3,(H,15,16,17). The third kappa shape index (κ3) is 4.28. The molecule has 1 aliphatic heterocycles. The molecule has 0 saturated carbocycles. The summed E-state index contributed by atoms with van der Waals surface area (Å²) in [6, 6.07) is 7.18. The Labute approximate surface area is 117 Å². The Hall–Kier alpha value is -1.49. The quantitative estimate of drug-likeness (QED) is 0.921. The molecule has 0 unspecified atom stereocenters. The Morgan fingerprint density at radius 3 is 2.74 bits per heavy atom. The number of aliphatic imine (C=N–C) groups is 1. The molecule has 0 aliphatic carbocycles. The lowest BCUT2D eigenvalue weighted by molar-refractivity contribution is 0.0978. The van der Waals surface area contributed by atoms with Crippen molar-refractivity contribution in [2.24, 2.45) is 10.9 Å². The Morgan fingerprint density at radius 2 is 2.16 bits per heavy atom. The molecular weight excluding hydrogens is 260 g/mol. The second kappa shape index (κ2) is 6.61. The molecule has 0 atom stereocenters. The van der Waals surface area contributed by atoms with Crippen molar-refractivity contribution in [2.75, 3.05) is 18.9 Å². The van der Waals surface area contributed by atoms with E-state index in [9.17, 15) is 4.79 Å². The van der Waals surface area contributed by atoms with Gasteiger partial charge in [0.15, 0.2) is 5.17 Å². The molecule has 2 rings (SSSR count). The predicted octanol–water partition coefficient (Wildman–Crippen LogP) is 2.55. The Kier molecular flexibility index (Phi) is 4.85. The molecule has 1 heterocycles. The maximum atomic E-state index is 11.9. The molecule has 1 aliphatic rings. The Balaban J connectivity index is 1.91. The number of carbonyl (C=O) groups excluding carboxylic acids is 1. The number of hydrogen-bond donors (Lipinski definition) is 1. The van der Waals surface area contributed by atoms with Gasteiger partial charge in [0.1, 0.15) is 5.75 Å². The second-order valence-electron chi connectivity index (χ2n) is 4.72. The molecule has 102 valence electrons. The number of amidine groups is 1. The van der Waals surface area contributed by atoms with Gasteiger partial charge in [-0.15, -0.1) is 0 Å². The molecule has 1 aromatic rings. The fraction of sp³-hybridized carbons (Fsp3) is 0.429. The van der Waals surface area contributed by atoms with Crippen molar-refractivity contribution in [3.63, 3.8) is 0 Å². The topological polar surface area (TPSA) is 50.7 Å². The average Bonchev–Trinajstić information content (AvgIpc) is 2.89. The fourth-order valence-corrected chi connectivity index (χ4v) is 2.27. The molecule has 5 heteroatoms. The molecule has 0 bridgehead atoms. The van der Waals surface area contributed by atoms with E-state index in [-0.39, 0.29) is 5.91 Å². The van der Waals surface area contributed by atoms with E-state index in [2.05, 4.69) is 24.2 Å². The van der Waals surface area contributed by atoms with Gasteiger partial charge >= 0.3 is 0 Å². The number of rotatable bonds is 4. The average molecular weight is 278 g/mol. The van der Waals surface area contributed by atoms with Gasteiger partial charge in [0.2, 0.25) is 0 Å². The monoisotopic (exact) mass is 278 g/mol. The lowest BCUT2D eigenvalue weighted by Gasteiger charge is -2.09. The highest BCUT2D eigenvalue weighted by molar-refractivity contribution is 8.14. The zero-order valence-corrected chi connectivity index (χ0v) is 12.0. The van der Waals surface area contributed by atoms with E-state index in [0.29, 0.717) is 23.3 Å². The third-order valence-corrected chi connectivity index (χ3v) is 3.40. The van der Waals surface area contributed by atoms with Crippen molar-refractivity contribution in [1.82, 2.24) is 5.32 Å². The van der Waals surface area contributed by atoms with E-state index in [1.54, 1.807) is 23.9 Å². The van der Waals surface area contributed by atoms with Crippen LogP contribution >= 0.6 is 11.8 Å². The van der Waals surface area contributed by atoms with Crippen LogP contribution in [0.15, 0.2) is 29.3 Å². The number of hydrogen-bond acceptors (Lipinski definition) is 4. The minimum Gasteiger partial charge on any atom is -0.493 e. The lowest BCUT2D eigenvalue weighted by Crippen LogP contribution is -2.27. The van der Waals surface area contributed by atoms with Gasteiger partial charge in [0, 0.05) is 11.3 Å². The van der Waals surface area contributed by atoms with Gasteiger partial charge in [-0.25, -0.2) is 0 Å². The number of nitrogens with zero attached hydrogens (tertiary/aromatic N) is 1. The molecule has 0 fully saturated rings. The van der Waals surface area contributed by atoms with Crippen molar-refractivity contribution in [1.29, 1.82) is 0 Å². The van der Waals surface area contributed by atoms with Gasteiger partial charge in [-0.3, -0.25) is 9.79 Å².